The highest BCUT2D eigenvalue weighted by molar-refractivity contribution is 7.14. The van der Waals surface area contributed by atoms with Gasteiger partial charge in [0.15, 0.2) is 5.13 Å². The lowest BCUT2D eigenvalue weighted by molar-refractivity contribution is 0.101. The fourth-order valence-corrected chi connectivity index (χ4v) is 2.62. The summed E-state index contributed by atoms with van der Waals surface area (Å²) in [6, 6.07) is 1.68. The van der Waals surface area contributed by atoms with Crippen LogP contribution >= 0.6 is 11.3 Å². The van der Waals surface area contributed by atoms with Gasteiger partial charge in [0.05, 0.1) is 11.4 Å². The molecule has 6 heteroatoms. The molecule has 0 bridgehead atoms. The number of aryl methyl sites for hydroxylation is 1. The first-order chi connectivity index (χ1) is 9.01. The van der Waals surface area contributed by atoms with Crippen LogP contribution in [0, 0.1) is 0 Å². The number of aromatic nitrogens is 2. The van der Waals surface area contributed by atoms with E-state index in [0.717, 1.165) is 5.69 Å². The highest BCUT2D eigenvalue weighted by Gasteiger charge is 2.14. The minimum Gasteiger partial charge on any atom is -0.397 e. The molecule has 2 aromatic heterocycles. The summed E-state index contributed by atoms with van der Waals surface area (Å²) in [5.41, 5.74) is 7.86. The number of nitrogens with two attached hydrogens (primary N) is 1. The third kappa shape index (κ3) is 2.96. The molecule has 102 valence electrons. The van der Waals surface area contributed by atoms with Crippen LogP contribution in [-0.4, -0.2) is 15.5 Å². The Morgan fingerprint density at radius 3 is 2.89 bits per heavy atom. The van der Waals surface area contributed by atoms with Crippen molar-refractivity contribution in [3.63, 3.8) is 0 Å². The van der Waals surface area contributed by atoms with Crippen LogP contribution in [0.4, 0.5) is 10.8 Å². The summed E-state index contributed by atoms with van der Waals surface area (Å²) < 4.78 is 1.82. The lowest BCUT2D eigenvalue weighted by Gasteiger charge is -2.05. The van der Waals surface area contributed by atoms with Gasteiger partial charge in [-0.15, -0.1) is 11.3 Å². The zero-order valence-electron chi connectivity index (χ0n) is 11.3. The first-order valence-corrected chi connectivity index (χ1v) is 7.11. The van der Waals surface area contributed by atoms with E-state index in [9.17, 15) is 4.79 Å². The van der Waals surface area contributed by atoms with Crippen LogP contribution in [0.25, 0.3) is 0 Å². The molecule has 0 atom stereocenters. The first-order valence-electron chi connectivity index (χ1n) is 6.23. The second-order valence-electron chi connectivity index (χ2n) is 4.63. The van der Waals surface area contributed by atoms with Crippen molar-refractivity contribution in [2.45, 2.75) is 33.2 Å². The average molecular weight is 278 g/mol. The zero-order valence-corrected chi connectivity index (χ0v) is 12.1. The number of hydrogen-bond acceptors (Lipinski definition) is 4. The SMILES string of the molecule is CCn1cc(N)cc1C(=O)Nc1nc(C(C)C)cs1. The third-order valence-corrected chi connectivity index (χ3v) is 3.60. The summed E-state index contributed by atoms with van der Waals surface area (Å²) >= 11 is 1.44. The van der Waals surface area contributed by atoms with E-state index in [4.69, 9.17) is 5.73 Å². The quantitative estimate of drug-likeness (QED) is 0.903. The Balaban J connectivity index is 2.15. The minimum atomic E-state index is -0.178. The topological polar surface area (TPSA) is 72.9 Å². The number of carbonyl (C=O) groups is 1. The zero-order chi connectivity index (χ0) is 14.0. The summed E-state index contributed by atoms with van der Waals surface area (Å²) in [7, 11) is 0. The fraction of sp³-hybridized carbons (Fsp3) is 0.385. The number of nitrogens with zero attached hydrogens (tertiary/aromatic N) is 2. The van der Waals surface area contributed by atoms with Gasteiger partial charge in [0.2, 0.25) is 0 Å². The Kier molecular flexibility index (Phi) is 3.90. The maximum Gasteiger partial charge on any atom is 0.274 e. The molecule has 1 amide bonds. The first kappa shape index (κ1) is 13.6. The number of amides is 1. The largest absolute Gasteiger partial charge is 0.397 e. The van der Waals surface area contributed by atoms with Gasteiger partial charge >= 0.3 is 0 Å². The molecule has 0 aromatic carbocycles. The Hall–Kier alpha value is -1.82. The van der Waals surface area contributed by atoms with Gasteiger partial charge in [-0.1, -0.05) is 13.8 Å². The molecular formula is C13H18N4OS. The molecule has 2 heterocycles. The van der Waals surface area contributed by atoms with Crippen LogP contribution in [0.2, 0.25) is 0 Å². The predicted octanol–water partition coefficient (Wildman–Crippen LogP) is 2.92. The number of nitrogen functional groups attached to an aromatic ring is 1. The number of carbonyl (C=O) groups excluding carboxylic acids is 1. The van der Waals surface area contributed by atoms with Crippen molar-refractivity contribution in [1.82, 2.24) is 9.55 Å². The molecule has 0 spiro atoms. The van der Waals surface area contributed by atoms with Gasteiger partial charge in [0.25, 0.3) is 5.91 Å². The van der Waals surface area contributed by atoms with E-state index in [-0.39, 0.29) is 5.91 Å². The molecule has 0 aliphatic carbocycles. The lowest BCUT2D eigenvalue weighted by Crippen LogP contribution is -2.16. The molecule has 2 aromatic rings. The summed E-state index contributed by atoms with van der Waals surface area (Å²) in [5, 5.41) is 5.40. The molecule has 0 aliphatic rings. The molecule has 0 fully saturated rings. The van der Waals surface area contributed by atoms with E-state index in [1.807, 2.05) is 16.9 Å². The van der Waals surface area contributed by atoms with E-state index >= 15 is 0 Å². The van der Waals surface area contributed by atoms with Gasteiger partial charge in [-0.25, -0.2) is 4.98 Å². The van der Waals surface area contributed by atoms with Crippen molar-refractivity contribution in [3.05, 3.63) is 29.0 Å². The van der Waals surface area contributed by atoms with Crippen LogP contribution < -0.4 is 11.1 Å². The molecule has 0 saturated heterocycles. The van der Waals surface area contributed by atoms with Crippen LogP contribution in [0.15, 0.2) is 17.6 Å². The molecule has 19 heavy (non-hydrogen) atoms. The van der Waals surface area contributed by atoms with Crippen molar-refractivity contribution in [1.29, 1.82) is 0 Å². The molecule has 0 unspecified atom stereocenters. The summed E-state index contributed by atoms with van der Waals surface area (Å²) in [5.74, 6) is 0.181. The number of hydrogen-bond donors (Lipinski definition) is 2. The Bertz CT molecular complexity index is 585. The van der Waals surface area contributed by atoms with Gasteiger partial charge in [0, 0.05) is 18.1 Å². The van der Waals surface area contributed by atoms with Crippen LogP contribution in [0.3, 0.4) is 0 Å². The summed E-state index contributed by atoms with van der Waals surface area (Å²) in [6.07, 6.45) is 1.76. The Morgan fingerprint density at radius 2 is 2.32 bits per heavy atom. The van der Waals surface area contributed by atoms with Crippen LogP contribution in [0.1, 0.15) is 42.9 Å². The molecule has 0 aliphatic heterocycles. The maximum atomic E-state index is 12.2. The van der Waals surface area contributed by atoms with Gasteiger partial charge in [0.1, 0.15) is 5.69 Å². The van der Waals surface area contributed by atoms with E-state index in [1.165, 1.54) is 11.3 Å². The summed E-state index contributed by atoms with van der Waals surface area (Å²) in [4.78, 5) is 16.5. The summed E-state index contributed by atoms with van der Waals surface area (Å²) in [6.45, 7) is 6.82. The van der Waals surface area contributed by atoms with Crippen LogP contribution in [0.5, 0.6) is 0 Å². The molecule has 5 nitrogen and oxygen atoms in total. The monoisotopic (exact) mass is 278 g/mol. The predicted molar refractivity (Wildman–Crippen MR) is 78.7 cm³/mol. The molecular weight excluding hydrogens is 260 g/mol. The van der Waals surface area contributed by atoms with Crippen molar-refractivity contribution in [3.8, 4) is 0 Å². The van der Waals surface area contributed by atoms with Crippen molar-refractivity contribution < 1.29 is 4.79 Å². The van der Waals surface area contributed by atoms with Crippen molar-refractivity contribution in [2.24, 2.45) is 0 Å². The fourth-order valence-electron chi connectivity index (χ4n) is 1.76. The number of anilines is 2. The molecule has 3 N–H and O–H groups in total. The van der Waals surface area contributed by atoms with Gasteiger partial charge < -0.3 is 10.3 Å². The molecule has 0 saturated carbocycles. The minimum absolute atomic E-state index is 0.178. The standard InChI is InChI=1S/C13H18N4OS/c1-4-17-6-9(14)5-11(17)12(18)16-13-15-10(7-19-13)8(2)3/h5-8H,4,14H2,1-3H3,(H,15,16,18). The molecule has 0 radical (unpaired) electrons. The van der Waals surface area contributed by atoms with E-state index in [2.05, 4.69) is 24.1 Å². The van der Waals surface area contributed by atoms with Crippen molar-refractivity contribution >= 4 is 28.1 Å². The number of thiazole rings is 1. The average Bonchev–Trinajstić information content (AvgIpc) is 2.95. The Morgan fingerprint density at radius 1 is 1.58 bits per heavy atom. The van der Waals surface area contributed by atoms with Gasteiger partial charge in [-0.3, -0.25) is 10.1 Å². The maximum absolute atomic E-state index is 12.2. The Labute approximate surface area is 116 Å². The van der Waals surface area contributed by atoms with Gasteiger partial charge in [-0.2, -0.15) is 0 Å². The van der Waals surface area contributed by atoms with Crippen molar-refractivity contribution in [2.75, 3.05) is 11.1 Å². The highest BCUT2D eigenvalue weighted by atomic mass is 32.1. The number of nitrogens with one attached hydrogen (secondary N) is 1. The second-order valence-corrected chi connectivity index (χ2v) is 5.49. The highest BCUT2D eigenvalue weighted by Crippen LogP contribution is 2.22. The third-order valence-electron chi connectivity index (χ3n) is 2.82. The van der Waals surface area contributed by atoms with Gasteiger partial charge in [-0.05, 0) is 18.9 Å². The second kappa shape index (κ2) is 5.44. The number of rotatable bonds is 4. The smallest absolute Gasteiger partial charge is 0.274 e. The van der Waals surface area contributed by atoms with E-state index < -0.39 is 0 Å². The molecule has 2 rings (SSSR count). The van der Waals surface area contributed by atoms with E-state index in [0.29, 0.717) is 29.0 Å². The van der Waals surface area contributed by atoms with E-state index in [1.54, 1.807) is 12.3 Å². The van der Waals surface area contributed by atoms with Crippen LogP contribution in [-0.2, 0) is 6.54 Å². The normalized spacial score (nSPS) is 10.9. The lowest BCUT2D eigenvalue weighted by atomic mass is 10.2.